The molecule has 1 aromatic carbocycles. The van der Waals surface area contributed by atoms with Crippen LogP contribution in [0.25, 0.3) is 0 Å². The minimum Gasteiger partial charge on any atom is -0.476 e. The van der Waals surface area contributed by atoms with Gasteiger partial charge in [0, 0.05) is 0 Å². The fraction of sp³-hybridized carbons (Fsp3) is 0.333. The zero-order valence-corrected chi connectivity index (χ0v) is 10.8. The summed E-state index contributed by atoms with van der Waals surface area (Å²) in [6, 6.07) is 5.07. The average molecular weight is 264 g/mol. The topological polar surface area (TPSA) is 111 Å². The Hall–Kier alpha value is -2.28. The first-order valence-corrected chi connectivity index (χ1v) is 5.75. The maximum Gasteiger partial charge on any atom is 0.271 e. The largest absolute Gasteiger partial charge is 0.476 e. The van der Waals surface area contributed by atoms with Gasteiger partial charge in [-0.05, 0) is 26.0 Å². The molecule has 0 saturated carbocycles. The highest BCUT2D eigenvalue weighted by atomic mass is 16.5. The summed E-state index contributed by atoms with van der Waals surface area (Å²) in [6.07, 6.45) is 0. The molecule has 19 heavy (non-hydrogen) atoms. The van der Waals surface area contributed by atoms with Crippen LogP contribution in [0.5, 0.6) is 5.75 Å². The van der Waals surface area contributed by atoms with Crippen molar-refractivity contribution in [2.24, 2.45) is 5.84 Å². The van der Waals surface area contributed by atoms with Gasteiger partial charge in [-0.1, -0.05) is 6.07 Å². The first-order valence-electron chi connectivity index (χ1n) is 5.75. The fourth-order valence-electron chi connectivity index (χ4n) is 2.00. The van der Waals surface area contributed by atoms with Crippen molar-refractivity contribution in [3.63, 3.8) is 0 Å². The number of ether oxygens (including phenoxy) is 1. The molecule has 7 heteroatoms. The van der Waals surface area contributed by atoms with Gasteiger partial charge in [-0.3, -0.25) is 19.9 Å². The number of nitrogens with one attached hydrogen (secondary N) is 1. The fourth-order valence-corrected chi connectivity index (χ4v) is 2.00. The van der Waals surface area contributed by atoms with Crippen LogP contribution in [0.1, 0.15) is 13.8 Å². The van der Waals surface area contributed by atoms with Crippen LogP contribution in [0.3, 0.4) is 0 Å². The van der Waals surface area contributed by atoms with E-state index in [-0.39, 0.29) is 12.5 Å². The highest BCUT2D eigenvalue weighted by Gasteiger charge is 2.42. The third-order valence-corrected chi connectivity index (χ3v) is 2.89. The van der Waals surface area contributed by atoms with Crippen molar-refractivity contribution < 1.29 is 14.3 Å². The summed E-state index contributed by atoms with van der Waals surface area (Å²) in [5.74, 6) is 4.70. The molecule has 1 heterocycles. The highest BCUT2D eigenvalue weighted by molar-refractivity contribution is 6.07. The molecule has 0 fully saturated rings. The summed E-state index contributed by atoms with van der Waals surface area (Å²) in [5, 5.41) is 0. The molecule has 0 unspecified atom stereocenters. The maximum atomic E-state index is 12.3. The van der Waals surface area contributed by atoms with Gasteiger partial charge in [0.05, 0.1) is 5.69 Å². The minimum atomic E-state index is -1.06. The van der Waals surface area contributed by atoms with Crippen LogP contribution in [0.2, 0.25) is 0 Å². The number of carbonyl (C=O) groups is 2. The Balaban J connectivity index is 2.51. The van der Waals surface area contributed by atoms with Gasteiger partial charge >= 0.3 is 0 Å². The predicted molar refractivity (Wildman–Crippen MR) is 70.2 cm³/mol. The number of hydrazine groups is 1. The Kier molecular flexibility index (Phi) is 3.07. The molecule has 0 aromatic heterocycles. The second kappa shape index (κ2) is 4.43. The molecule has 7 nitrogen and oxygen atoms in total. The van der Waals surface area contributed by atoms with Crippen LogP contribution >= 0.6 is 0 Å². The van der Waals surface area contributed by atoms with Gasteiger partial charge < -0.3 is 10.5 Å². The second-order valence-corrected chi connectivity index (χ2v) is 4.77. The Morgan fingerprint density at radius 3 is 2.79 bits per heavy atom. The molecule has 0 spiro atoms. The average Bonchev–Trinajstić information content (AvgIpc) is 2.34. The van der Waals surface area contributed by atoms with Gasteiger partial charge in [-0.25, -0.2) is 5.84 Å². The Morgan fingerprint density at radius 2 is 2.16 bits per heavy atom. The number of nitrogens with zero attached hydrogens (tertiary/aromatic N) is 1. The molecule has 1 aromatic rings. The molecule has 2 amide bonds. The number of rotatable bonds is 2. The number of anilines is 2. The maximum absolute atomic E-state index is 12.3. The second-order valence-electron chi connectivity index (χ2n) is 4.77. The SMILES string of the molecule is CC1(C)Oc2cccc(N)c2N(CC(=O)NN)C1=O. The first-order chi connectivity index (χ1) is 8.86. The van der Waals surface area contributed by atoms with Crippen LogP contribution in [-0.2, 0) is 9.59 Å². The number of benzene rings is 1. The molecule has 5 N–H and O–H groups in total. The number of nitrogen functional groups attached to an aromatic ring is 1. The summed E-state index contributed by atoms with van der Waals surface area (Å²) in [4.78, 5) is 25.1. The minimum absolute atomic E-state index is 0.205. The first kappa shape index (κ1) is 13.2. The third kappa shape index (κ3) is 2.19. The van der Waals surface area contributed by atoms with Crippen LogP contribution in [0, 0.1) is 0 Å². The molecule has 0 saturated heterocycles. The Bertz CT molecular complexity index is 542. The molecule has 1 aliphatic rings. The van der Waals surface area contributed by atoms with Crippen molar-refractivity contribution >= 4 is 23.2 Å². The van der Waals surface area contributed by atoms with Crippen molar-refractivity contribution in [2.75, 3.05) is 17.2 Å². The van der Waals surface area contributed by atoms with Crippen molar-refractivity contribution in [1.82, 2.24) is 5.43 Å². The lowest BCUT2D eigenvalue weighted by Gasteiger charge is -2.38. The molecule has 0 atom stereocenters. The van der Waals surface area contributed by atoms with E-state index in [9.17, 15) is 9.59 Å². The Morgan fingerprint density at radius 1 is 1.47 bits per heavy atom. The van der Waals surface area contributed by atoms with Gasteiger partial charge in [-0.2, -0.15) is 0 Å². The Labute approximate surface area is 110 Å². The van der Waals surface area contributed by atoms with E-state index in [4.69, 9.17) is 16.3 Å². The number of fused-ring (bicyclic) bond motifs is 1. The van der Waals surface area contributed by atoms with Crippen molar-refractivity contribution in [3.05, 3.63) is 18.2 Å². The van der Waals surface area contributed by atoms with Crippen LogP contribution in [0.15, 0.2) is 18.2 Å². The zero-order valence-electron chi connectivity index (χ0n) is 10.8. The highest BCUT2D eigenvalue weighted by Crippen LogP contribution is 2.41. The monoisotopic (exact) mass is 264 g/mol. The van der Waals surface area contributed by atoms with Crippen molar-refractivity contribution in [2.45, 2.75) is 19.4 Å². The summed E-state index contributed by atoms with van der Waals surface area (Å²) < 4.78 is 5.62. The predicted octanol–water partition coefficient (Wildman–Crippen LogP) is -0.237. The normalized spacial score (nSPS) is 16.6. The van der Waals surface area contributed by atoms with Gasteiger partial charge in [0.1, 0.15) is 18.0 Å². The van der Waals surface area contributed by atoms with E-state index in [0.717, 1.165) is 0 Å². The molecular formula is C12H16N4O3. The third-order valence-electron chi connectivity index (χ3n) is 2.89. The van der Waals surface area contributed by atoms with Crippen LogP contribution in [-0.4, -0.2) is 24.0 Å². The van der Waals surface area contributed by atoms with E-state index in [1.54, 1.807) is 32.0 Å². The lowest BCUT2D eigenvalue weighted by molar-refractivity contribution is -0.134. The number of carbonyl (C=O) groups excluding carboxylic acids is 2. The number of nitrogens with two attached hydrogens (primary N) is 2. The van der Waals surface area contributed by atoms with E-state index in [1.165, 1.54) is 4.90 Å². The molecule has 1 aliphatic heterocycles. The van der Waals surface area contributed by atoms with E-state index >= 15 is 0 Å². The number of hydrogen-bond acceptors (Lipinski definition) is 5. The number of para-hydroxylation sites is 1. The standard InChI is InChI=1S/C12H16N4O3/c1-12(2)11(18)16(6-9(17)15-14)10-7(13)4-3-5-8(10)19-12/h3-5H,6,13-14H2,1-2H3,(H,15,17). The van der Waals surface area contributed by atoms with E-state index in [2.05, 4.69) is 0 Å². The summed E-state index contributed by atoms with van der Waals surface area (Å²) in [7, 11) is 0. The number of hydrogen-bond donors (Lipinski definition) is 3. The van der Waals surface area contributed by atoms with E-state index in [1.807, 2.05) is 5.43 Å². The van der Waals surface area contributed by atoms with Crippen LogP contribution < -0.4 is 26.6 Å². The molecular weight excluding hydrogens is 248 g/mol. The molecule has 102 valence electrons. The van der Waals surface area contributed by atoms with Crippen molar-refractivity contribution in [3.8, 4) is 5.75 Å². The van der Waals surface area contributed by atoms with Crippen molar-refractivity contribution in [1.29, 1.82) is 0 Å². The van der Waals surface area contributed by atoms with Crippen LogP contribution in [0.4, 0.5) is 11.4 Å². The molecule has 2 rings (SSSR count). The smallest absolute Gasteiger partial charge is 0.271 e. The number of amides is 2. The van der Waals surface area contributed by atoms with E-state index < -0.39 is 11.5 Å². The van der Waals surface area contributed by atoms with Gasteiger partial charge in [0.25, 0.3) is 11.8 Å². The van der Waals surface area contributed by atoms with E-state index in [0.29, 0.717) is 17.1 Å². The van der Waals surface area contributed by atoms with Gasteiger partial charge in [0.15, 0.2) is 5.60 Å². The lowest BCUT2D eigenvalue weighted by Crippen LogP contribution is -2.55. The summed E-state index contributed by atoms with van der Waals surface area (Å²) >= 11 is 0. The molecule has 0 aliphatic carbocycles. The van der Waals surface area contributed by atoms with Gasteiger partial charge in [0.2, 0.25) is 0 Å². The van der Waals surface area contributed by atoms with Gasteiger partial charge in [-0.15, -0.1) is 0 Å². The summed E-state index contributed by atoms with van der Waals surface area (Å²) in [6.45, 7) is 3.06. The quantitative estimate of drug-likeness (QED) is 0.295. The molecule has 0 bridgehead atoms. The zero-order chi connectivity index (χ0) is 14.2. The summed E-state index contributed by atoms with van der Waals surface area (Å²) in [5.41, 5.74) is 7.56. The molecule has 0 radical (unpaired) electrons. The lowest BCUT2D eigenvalue weighted by atomic mass is 10.0.